The molecule has 2 fully saturated rings. The minimum Gasteiger partial charge on any atom is -0.508 e. The van der Waals surface area contributed by atoms with Crippen LogP contribution >= 0.6 is 0 Å². The number of carbonyl (C=O) groups excluding carboxylic acids is 5. The molecule has 2 saturated heterocycles. The SMILES string of the molecule is C[C@@H](O)[C@H](NC(=O)[C@@H]1C[C@@H](O)CN1C(=O)[C@@H](N)Cc1ccc(O)cc1)C(=O)N[C@@H](Cc1ccc(O)cc1)C(=O)N1C[C@H](O)C[C@H]1C(=O)N[C@@H](CCCCN)C(=O)O. The monoisotopic (exact) mass is 799 g/mol. The van der Waals surface area contributed by atoms with Crippen LogP contribution in [0.2, 0.25) is 0 Å². The van der Waals surface area contributed by atoms with Crippen LogP contribution in [0.1, 0.15) is 50.2 Å². The Morgan fingerprint density at radius 3 is 1.72 bits per heavy atom. The number of carbonyl (C=O) groups is 6. The first-order valence-corrected chi connectivity index (χ1v) is 18.8. The fraction of sp³-hybridized carbons (Fsp3) is 0.526. The van der Waals surface area contributed by atoms with Gasteiger partial charge in [-0.25, -0.2) is 4.79 Å². The molecule has 0 bridgehead atoms. The fourth-order valence-electron chi connectivity index (χ4n) is 7.00. The number of nitrogens with one attached hydrogen (secondary N) is 3. The van der Waals surface area contributed by atoms with E-state index < -0.39 is 90.1 Å². The Hall–Kier alpha value is -5.34. The minimum absolute atomic E-state index is 0.0215. The zero-order valence-corrected chi connectivity index (χ0v) is 31.6. The van der Waals surface area contributed by atoms with Crippen molar-refractivity contribution in [3.63, 3.8) is 0 Å². The average Bonchev–Trinajstić information content (AvgIpc) is 3.76. The van der Waals surface area contributed by atoms with Crippen molar-refractivity contribution in [2.45, 2.75) is 106 Å². The van der Waals surface area contributed by atoms with Crippen molar-refractivity contribution in [2.75, 3.05) is 19.6 Å². The number of phenolic OH excluding ortho intramolecular Hbond substituents is 2. The highest BCUT2D eigenvalue weighted by Gasteiger charge is 2.45. The van der Waals surface area contributed by atoms with Crippen molar-refractivity contribution in [2.24, 2.45) is 11.5 Å². The van der Waals surface area contributed by atoms with Gasteiger partial charge in [0, 0.05) is 32.4 Å². The molecular formula is C38H53N7O12. The van der Waals surface area contributed by atoms with Gasteiger partial charge in [0.05, 0.1) is 24.4 Å². The van der Waals surface area contributed by atoms with Crippen LogP contribution in [0.5, 0.6) is 11.5 Å². The van der Waals surface area contributed by atoms with Gasteiger partial charge in [0.15, 0.2) is 0 Å². The summed E-state index contributed by atoms with van der Waals surface area (Å²) < 4.78 is 0. The number of aromatic hydroxyl groups is 2. The van der Waals surface area contributed by atoms with Gasteiger partial charge >= 0.3 is 5.97 Å². The van der Waals surface area contributed by atoms with E-state index in [0.29, 0.717) is 30.5 Å². The molecule has 57 heavy (non-hydrogen) atoms. The smallest absolute Gasteiger partial charge is 0.326 e. The van der Waals surface area contributed by atoms with Crippen LogP contribution in [-0.2, 0) is 41.6 Å². The summed E-state index contributed by atoms with van der Waals surface area (Å²) in [4.78, 5) is 82.6. The van der Waals surface area contributed by atoms with Gasteiger partial charge in [-0.2, -0.15) is 0 Å². The molecule has 19 nitrogen and oxygen atoms in total. The zero-order valence-electron chi connectivity index (χ0n) is 31.6. The molecule has 19 heteroatoms. The van der Waals surface area contributed by atoms with E-state index in [0.717, 1.165) is 9.80 Å². The Kier molecular flexibility index (Phi) is 15.7. The number of aliphatic carboxylic acids is 1. The molecular weight excluding hydrogens is 746 g/mol. The number of unbranched alkanes of at least 4 members (excludes halogenated alkanes) is 1. The Balaban J connectivity index is 1.52. The lowest BCUT2D eigenvalue weighted by Gasteiger charge is -2.31. The number of likely N-dealkylation sites (tertiary alicyclic amines) is 2. The summed E-state index contributed by atoms with van der Waals surface area (Å²) in [7, 11) is 0. The highest BCUT2D eigenvalue weighted by molar-refractivity contribution is 5.97. The van der Waals surface area contributed by atoms with E-state index >= 15 is 0 Å². The van der Waals surface area contributed by atoms with Crippen LogP contribution in [0, 0.1) is 0 Å². The van der Waals surface area contributed by atoms with E-state index in [1.165, 1.54) is 43.3 Å². The maximum absolute atomic E-state index is 14.2. The molecule has 0 aliphatic carbocycles. The number of hydrogen-bond donors (Lipinski definition) is 11. The molecule has 2 aliphatic heterocycles. The molecule has 2 aliphatic rings. The van der Waals surface area contributed by atoms with E-state index in [4.69, 9.17) is 11.5 Å². The van der Waals surface area contributed by atoms with Gasteiger partial charge in [-0.3, -0.25) is 24.0 Å². The van der Waals surface area contributed by atoms with E-state index in [9.17, 15) is 59.4 Å². The Bertz CT molecular complexity index is 1730. The van der Waals surface area contributed by atoms with E-state index in [-0.39, 0.29) is 56.7 Å². The van der Waals surface area contributed by atoms with E-state index in [1.807, 2.05) is 0 Å². The quantitative estimate of drug-likeness (QED) is 0.0679. The number of phenols is 2. The van der Waals surface area contributed by atoms with Gasteiger partial charge in [0.1, 0.15) is 41.7 Å². The maximum Gasteiger partial charge on any atom is 0.326 e. The first-order valence-electron chi connectivity index (χ1n) is 18.8. The summed E-state index contributed by atoms with van der Waals surface area (Å²) in [5.74, 6) is -5.59. The third-order valence-electron chi connectivity index (χ3n) is 10.1. The Labute approximate surface area is 329 Å². The van der Waals surface area contributed by atoms with E-state index in [2.05, 4.69) is 16.0 Å². The molecule has 0 saturated carbocycles. The van der Waals surface area contributed by atoms with Crippen molar-refractivity contribution >= 4 is 35.5 Å². The third-order valence-corrected chi connectivity index (χ3v) is 10.1. The van der Waals surface area contributed by atoms with Crippen molar-refractivity contribution in [3.05, 3.63) is 59.7 Å². The first kappa shape index (κ1) is 44.4. The highest BCUT2D eigenvalue weighted by Crippen LogP contribution is 2.23. The van der Waals surface area contributed by atoms with Gasteiger partial charge in [0.2, 0.25) is 29.5 Å². The highest BCUT2D eigenvalue weighted by atomic mass is 16.4. The molecule has 2 heterocycles. The molecule has 0 unspecified atom stereocenters. The standard InChI is InChI=1S/C38H53N7O12/c1-20(46)32(43-34(52)31-17-25(49)18-44(31)36(54)27(40)14-21-5-9-23(47)10-6-21)35(53)42-29(15-22-7-11-24(48)12-8-22)37(55)45-19-26(50)16-30(45)33(51)41-28(38(56)57)4-2-3-13-39/h5-12,20,25-32,46-50H,2-4,13-19,39-40H2,1H3,(H,41,51)(H,42,53)(H,43,52)(H,56,57)/t20-,25-,26-,27+,28+,29+,30+,31+,32+/m1/s1. The van der Waals surface area contributed by atoms with Crippen LogP contribution in [0.25, 0.3) is 0 Å². The number of aliphatic hydroxyl groups excluding tert-OH is 3. The number of aliphatic hydroxyl groups is 3. The molecule has 9 atom stereocenters. The molecule has 5 amide bonds. The fourth-order valence-corrected chi connectivity index (χ4v) is 7.00. The van der Waals surface area contributed by atoms with Crippen LogP contribution in [0.15, 0.2) is 48.5 Å². The molecule has 0 radical (unpaired) electrons. The molecule has 13 N–H and O–H groups in total. The van der Waals surface area contributed by atoms with Crippen molar-refractivity contribution in [3.8, 4) is 11.5 Å². The topological polar surface area (TPSA) is 318 Å². The molecule has 0 aromatic heterocycles. The number of amides is 5. The second-order valence-electron chi connectivity index (χ2n) is 14.6. The minimum atomic E-state index is -1.69. The molecule has 312 valence electrons. The number of benzene rings is 2. The van der Waals surface area contributed by atoms with Gasteiger partial charge in [-0.05, 0) is 74.5 Å². The number of rotatable bonds is 18. The summed E-state index contributed by atoms with van der Waals surface area (Å²) >= 11 is 0. The van der Waals surface area contributed by atoms with Crippen LogP contribution < -0.4 is 27.4 Å². The Morgan fingerprint density at radius 2 is 1.23 bits per heavy atom. The largest absolute Gasteiger partial charge is 0.508 e. The normalized spacial score (nSPS) is 21.9. The lowest BCUT2D eigenvalue weighted by molar-refractivity contribution is -0.145. The lowest BCUT2D eigenvalue weighted by atomic mass is 10.0. The Morgan fingerprint density at radius 1 is 0.737 bits per heavy atom. The molecule has 0 spiro atoms. The number of hydrogen-bond acceptors (Lipinski definition) is 13. The second kappa shape index (κ2) is 20.2. The lowest BCUT2D eigenvalue weighted by Crippen LogP contribution is -2.61. The average molecular weight is 800 g/mol. The van der Waals surface area contributed by atoms with Gasteiger partial charge in [-0.15, -0.1) is 0 Å². The predicted octanol–water partition coefficient (Wildman–Crippen LogP) is -2.82. The third kappa shape index (κ3) is 12.1. The van der Waals surface area contributed by atoms with Crippen molar-refractivity contribution < 1.29 is 59.4 Å². The number of nitrogens with zero attached hydrogens (tertiary/aromatic N) is 2. The summed E-state index contributed by atoms with van der Waals surface area (Å²) in [6.45, 7) is 0.977. The number of nitrogens with two attached hydrogens (primary N) is 2. The number of carboxylic acids is 1. The van der Waals surface area contributed by atoms with Gasteiger partial charge in [-0.1, -0.05) is 24.3 Å². The van der Waals surface area contributed by atoms with Gasteiger partial charge < -0.3 is 67.9 Å². The van der Waals surface area contributed by atoms with Crippen molar-refractivity contribution in [1.82, 2.24) is 25.8 Å². The summed E-state index contributed by atoms with van der Waals surface area (Å²) in [6.07, 6.45) is -3.38. The predicted molar refractivity (Wildman–Crippen MR) is 202 cm³/mol. The zero-order chi connectivity index (χ0) is 42.0. The van der Waals surface area contributed by atoms with Crippen molar-refractivity contribution in [1.29, 1.82) is 0 Å². The first-order chi connectivity index (χ1) is 27.0. The van der Waals surface area contributed by atoms with Gasteiger partial charge in [0.25, 0.3) is 0 Å². The molecule has 2 aromatic rings. The van der Waals surface area contributed by atoms with Crippen LogP contribution in [0.3, 0.4) is 0 Å². The number of carboxylic acid groups (broad SMARTS) is 1. The summed E-state index contributed by atoms with van der Waals surface area (Å²) in [5, 5.41) is 68.2. The second-order valence-corrected chi connectivity index (χ2v) is 14.6. The van der Waals surface area contributed by atoms with Crippen LogP contribution in [0.4, 0.5) is 0 Å². The maximum atomic E-state index is 14.2. The summed E-state index contributed by atoms with van der Waals surface area (Å²) in [6, 6.07) is 3.53. The number of β-amino-alcohol motifs (C(OH)–C–C–N with tert-alkyl or cyclic N) is 2. The molecule has 2 aromatic carbocycles. The molecule has 4 rings (SSSR count). The van der Waals surface area contributed by atoms with E-state index in [1.54, 1.807) is 12.1 Å². The summed E-state index contributed by atoms with van der Waals surface area (Å²) in [5.41, 5.74) is 12.8. The van der Waals surface area contributed by atoms with Crippen LogP contribution in [-0.4, -0.2) is 150 Å².